The van der Waals surface area contributed by atoms with Crippen LogP contribution < -0.4 is 0 Å². The summed E-state index contributed by atoms with van der Waals surface area (Å²) in [5.74, 6) is -2.26. The van der Waals surface area contributed by atoms with Gasteiger partial charge in [-0.2, -0.15) is 0 Å². The van der Waals surface area contributed by atoms with E-state index in [9.17, 15) is 14.7 Å². The van der Waals surface area contributed by atoms with Crippen LogP contribution in [-0.2, 0) is 14.3 Å². The molecule has 2 aromatic rings. The Morgan fingerprint density at radius 1 is 0.875 bits per heavy atom. The van der Waals surface area contributed by atoms with Crippen LogP contribution in [0.3, 0.4) is 0 Å². The zero-order valence-electron chi connectivity index (χ0n) is 13.7. The molecule has 4 nitrogen and oxygen atoms in total. The van der Waals surface area contributed by atoms with E-state index in [2.05, 4.69) is 0 Å². The van der Waals surface area contributed by atoms with Crippen LogP contribution in [0.25, 0.3) is 0 Å². The molecule has 2 unspecified atom stereocenters. The van der Waals surface area contributed by atoms with Gasteiger partial charge in [-0.15, -0.1) is 0 Å². The number of hydrogen-bond acceptors (Lipinski definition) is 3. The van der Waals surface area contributed by atoms with E-state index in [0.717, 1.165) is 11.1 Å². The Kier molecular flexibility index (Phi) is 6.55. The molecule has 2 rings (SSSR count). The van der Waals surface area contributed by atoms with Gasteiger partial charge < -0.3 is 9.84 Å². The lowest BCUT2D eigenvalue weighted by Gasteiger charge is -2.19. The highest BCUT2D eigenvalue weighted by molar-refractivity contribution is 5.79. The molecule has 0 fully saturated rings. The van der Waals surface area contributed by atoms with Crippen molar-refractivity contribution in [2.24, 2.45) is 0 Å². The van der Waals surface area contributed by atoms with Crippen LogP contribution in [-0.4, -0.2) is 23.7 Å². The lowest BCUT2D eigenvalue weighted by Crippen LogP contribution is -2.19. The van der Waals surface area contributed by atoms with Gasteiger partial charge in [-0.05, 0) is 30.9 Å². The molecule has 0 spiro atoms. The van der Waals surface area contributed by atoms with E-state index < -0.39 is 17.8 Å². The maximum Gasteiger partial charge on any atom is 0.313 e. The van der Waals surface area contributed by atoms with Crippen molar-refractivity contribution in [2.45, 2.75) is 31.6 Å². The van der Waals surface area contributed by atoms with E-state index in [4.69, 9.17) is 4.74 Å². The number of aliphatic carboxylic acids is 1. The highest BCUT2D eigenvalue weighted by Crippen LogP contribution is 2.29. The minimum atomic E-state index is -0.878. The van der Waals surface area contributed by atoms with Crippen molar-refractivity contribution in [2.75, 3.05) is 6.61 Å². The lowest BCUT2D eigenvalue weighted by atomic mass is 9.87. The van der Waals surface area contributed by atoms with Gasteiger partial charge in [0.05, 0.1) is 18.4 Å². The molecule has 126 valence electrons. The van der Waals surface area contributed by atoms with Crippen LogP contribution in [0, 0.1) is 0 Å². The van der Waals surface area contributed by atoms with Gasteiger partial charge in [0.25, 0.3) is 0 Å². The fraction of sp³-hybridized carbons (Fsp3) is 0.300. The Morgan fingerprint density at radius 3 is 1.79 bits per heavy atom. The molecule has 0 aliphatic carbocycles. The molecule has 0 saturated heterocycles. The van der Waals surface area contributed by atoms with Crippen LogP contribution in [0.4, 0.5) is 0 Å². The monoisotopic (exact) mass is 326 g/mol. The molecular weight excluding hydrogens is 304 g/mol. The first-order valence-corrected chi connectivity index (χ1v) is 8.12. The van der Waals surface area contributed by atoms with Crippen molar-refractivity contribution in [3.05, 3.63) is 71.8 Å². The predicted octanol–water partition coefficient (Wildman–Crippen LogP) is 3.98. The highest BCUT2D eigenvalue weighted by atomic mass is 16.5. The number of carboxylic acid groups (broad SMARTS) is 1. The second kappa shape index (κ2) is 8.87. The van der Waals surface area contributed by atoms with E-state index in [1.807, 2.05) is 48.5 Å². The summed E-state index contributed by atoms with van der Waals surface area (Å²) in [6, 6.07) is 18.5. The first-order valence-electron chi connectivity index (χ1n) is 8.12. The summed E-state index contributed by atoms with van der Waals surface area (Å²) >= 11 is 0. The minimum Gasteiger partial charge on any atom is -0.481 e. The van der Waals surface area contributed by atoms with Crippen LogP contribution >= 0.6 is 0 Å². The number of ether oxygens (including phenoxy) is 1. The standard InChI is InChI=1S/C20H22O4/c1-2-24-20(23)18(16-11-7-4-8-12-16)14-13-17(19(21)22)15-9-5-3-6-10-15/h3-12,17-18H,2,13-14H2,1H3,(H,21,22). The van der Waals surface area contributed by atoms with Crippen LogP contribution in [0.1, 0.15) is 42.7 Å². The molecule has 0 bridgehead atoms. The van der Waals surface area contributed by atoms with Crippen LogP contribution in [0.15, 0.2) is 60.7 Å². The fourth-order valence-corrected chi connectivity index (χ4v) is 2.80. The molecule has 0 aliphatic heterocycles. The van der Waals surface area contributed by atoms with Crippen LogP contribution in [0.2, 0.25) is 0 Å². The van der Waals surface area contributed by atoms with Gasteiger partial charge in [-0.25, -0.2) is 0 Å². The van der Waals surface area contributed by atoms with Crippen LogP contribution in [0.5, 0.6) is 0 Å². The molecule has 2 aromatic carbocycles. The molecule has 0 heterocycles. The smallest absolute Gasteiger partial charge is 0.313 e. The van der Waals surface area contributed by atoms with E-state index in [0.29, 0.717) is 19.4 Å². The Balaban J connectivity index is 2.16. The van der Waals surface area contributed by atoms with E-state index in [-0.39, 0.29) is 5.97 Å². The molecule has 0 aliphatic rings. The molecule has 0 amide bonds. The second-order valence-corrected chi connectivity index (χ2v) is 5.59. The third kappa shape index (κ3) is 4.69. The second-order valence-electron chi connectivity index (χ2n) is 5.59. The van der Waals surface area contributed by atoms with Crippen molar-refractivity contribution >= 4 is 11.9 Å². The largest absolute Gasteiger partial charge is 0.481 e. The summed E-state index contributed by atoms with van der Waals surface area (Å²) in [6.07, 6.45) is 0.798. The summed E-state index contributed by atoms with van der Waals surface area (Å²) in [5, 5.41) is 9.54. The average Bonchev–Trinajstić information content (AvgIpc) is 2.60. The summed E-state index contributed by atoms with van der Waals surface area (Å²) < 4.78 is 5.17. The van der Waals surface area contributed by atoms with Crippen molar-refractivity contribution in [1.82, 2.24) is 0 Å². The topological polar surface area (TPSA) is 63.6 Å². The summed E-state index contributed by atoms with van der Waals surface area (Å²) in [5.41, 5.74) is 1.61. The van der Waals surface area contributed by atoms with Crippen molar-refractivity contribution < 1.29 is 19.4 Å². The Morgan fingerprint density at radius 2 is 1.33 bits per heavy atom. The number of carboxylic acids is 1. The van der Waals surface area contributed by atoms with E-state index in [1.54, 1.807) is 19.1 Å². The minimum absolute atomic E-state index is 0.305. The van der Waals surface area contributed by atoms with Gasteiger partial charge in [-0.3, -0.25) is 9.59 Å². The Bertz CT molecular complexity index is 652. The van der Waals surface area contributed by atoms with Gasteiger partial charge in [0.1, 0.15) is 0 Å². The Hall–Kier alpha value is -2.62. The molecule has 0 radical (unpaired) electrons. The maximum atomic E-state index is 12.3. The third-order valence-corrected chi connectivity index (χ3v) is 4.02. The van der Waals surface area contributed by atoms with Gasteiger partial charge in [-0.1, -0.05) is 60.7 Å². The molecule has 24 heavy (non-hydrogen) atoms. The summed E-state index contributed by atoms with van der Waals surface area (Å²) in [7, 11) is 0. The lowest BCUT2D eigenvalue weighted by molar-refractivity contribution is -0.146. The van der Waals surface area contributed by atoms with Crippen molar-refractivity contribution in [3.63, 3.8) is 0 Å². The third-order valence-electron chi connectivity index (χ3n) is 4.02. The van der Waals surface area contributed by atoms with Gasteiger partial charge >= 0.3 is 11.9 Å². The van der Waals surface area contributed by atoms with E-state index in [1.165, 1.54) is 0 Å². The van der Waals surface area contributed by atoms with Crippen molar-refractivity contribution in [1.29, 1.82) is 0 Å². The van der Waals surface area contributed by atoms with Gasteiger partial charge in [0.2, 0.25) is 0 Å². The SMILES string of the molecule is CCOC(=O)C(CCC(C(=O)O)c1ccccc1)c1ccccc1. The fourth-order valence-electron chi connectivity index (χ4n) is 2.80. The first kappa shape index (κ1) is 17.7. The summed E-state index contributed by atoms with van der Waals surface area (Å²) in [4.78, 5) is 23.9. The Labute approximate surface area is 142 Å². The molecule has 4 heteroatoms. The highest BCUT2D eigenvalue weighted by Gasteiger charge is 2.26. The van der Waals surface area contributed by atoms with Crippen molar-refractivity contribution in [3.8, 4) is 0 Å². The maximum absolute atomic E-state index is 12.3. The molecule has 1 N–H and O–H groups in total. The summed E-state index contributed by atoms with van der Waals surface area (Å²) in [6.45, 7) is 2.08. The number of hydrogen-bond donors (Lipinski definition) is 1. The first-order chi connectivity index (χ1) is 11.6. The zero-order valence-corrected chi connectivity index (χ0v) is 13.7. The molecule has 0 saturated carbocycles. The number of rotatable bonds is 8. The van der Waals surface area contributed by atoms with Gasteiger partial charge in [0, 0.05) is 0 Å². The van der Waals surface area contributed by atoms with Gasteiger partial charge in [0.15, 0.2) is 0 Å². The molecular formula is C20H22O4. The molecule has 2 atom stereocenters. The predicted molar refractivity (Wildman–Crippen MR) is 91.9 cm³/mol. The van der Waals surface area contributed by atoms with E-state index >= 15 is 0 Å². The number of benzene rings is 2. The number of esters is 1. The zero-order chi connectivity index (χ0) is 17.4. The quantitative estimate of drug-likeness (QED) is 0.745. The molecule has 0 aromatic heterocycles. The number of carbonyl (C=O) groups excluding carboxylic acids is 1. The average molecular weight is 326 g/mol. The normalized spacial score (nSPS) is 13.0. The number of carbonyl (C=O) groups is 2.